The highest BCUT2D eigenvalue weighted by molar-refractivity contribution is 7.92. The number of carbonyl (C=O) groups is 1. The molecule has 2 aromatic carbocycles. The second kappa shape index (κ2) is 8.57. The third-order valence-electron chi connectivity index (χ3n) is 4.73. The first-order valence-electron chi connectivity index (χ1n) is 9.14. The van der Waals surface area contributed by atoms with Gasteiger partial charge in [-0.25, -0.2) is 8.42 Å². The summed E-state index contributed by atoms with van der Waals surface area (Å²) in [6.45, 7) is 7.72. The van der Waals surface area contributed by atoms with E-state index in [4.69, 9.17) is 0 Å². The minimum Gasteiger partial charge on any atom is -0.324 e. The summed E-state index contributed by atoms with van der Waals surface area (Å²) in [6.07, 6.45) is 2.28. The van der Waals surface area contributed by atoms with E-state index in [1.807, 2.05) is 64.1 Å². The van der Waals surface area contributed by atoms with Gasteiger partial charge in [-0.3, -0.25) is 9.10 Å². The number of aryl methyl sites for hydroxylation is 3. The molecule has 146 valence electrons. The predicted molar refractivity (Wildman–Crippen MR) is 112 cm³/mol. The van der Waals surface area contributed by atoms with E-state index in [9.17, 15) is 13.2 Å². The molecule has 27 heavy (non-hydrogen) atoms. The third-order valence-corrected chi connectivity index (χ3v) is 5.91. The Balaban J connectivity index is 2.43. The molecule has 0 spiro atoms. The predicted octanol–water partition coefficient (Wildman–Crippen LogP) is 4.05. The first-order valence-corrected chi connectivity index (χ1v) is 11.0. The summed E-state index contributed by atoms with van der Waals surface area (Å²) in [6, 6.07) is 12.2. The molecule has 1 atom stereocenters. The minimum atomic E-state index is -3.64. The minimum absolute atomic E-state index is 0.331. The second-order valence-corrected chi connectivity index (χ2v) is 8.61. The quantitative estimate of drug-likeness (QED) is 0.778. The lowest BCUT2D eigenvalue weighted by Crippen LogP contribution is -2.47. The molecule has 0 saturated carbocycles. The molecule has 0 radical (unpaired) electrons. The monoisotopic (exact) mass is 388 g/mol. The second-order valence-electron chi connectivity index (χ2n) is 6.75. The van der Waals surface area contributed by atoms with Gasteiger partial charge in [0.15, 0.2) is 0 Å². The number of nitrogens with one attached hydrogen (secondary N) is 1. The van der Waals surface area contributed by atoms with Crippen LogP contribution in [0, 0.1) is 13.8 Å². The zero-order chi connectivity index (χ0) is 20.2. The van der Waals surface area contributed by atoms with E-state index in [0.29, 0.717) is 12.1 Å². The van der Waals surface area contributed by atoms with Crippen molar-refractivity contribution >= 4 is 27.3 Å². The van der Waals surface area contributed by atoms with Crippen molar-refractivity contribution in [3.63, 3.8) is 0 Å². The van der Waals surface area contributed by atoms with E-state index in [0.717, 1.165) is 35.1 Å². The Kier molecular flexibility index (Phi) is 6.65. The fourth-order valence-electron chi connectivity index (χ4n) is 3.09. The summed E-state index contributed by atoms with van der Waals surface area (Å²) in [7, 11) is -3.64. The lowest BCUT2D eigenvalue weighted by molar-refractivity contribution is -0.117. The van der Waals surface area contributed by atoms with Gasteiger partial charge in [-0.15, -0.1) is 0 Å². The molecule has 0 aliphatic carbocycles. The van der Waals surface area contributed by atoms with Gasteiger partial charge in [0.1, 0.15) is 6.04 Å². The molecule has 1 amide bonds. The molecular weight excluding hydrogens is 360 g/mol. The van der Waals surface area contributed by atoms with Gasteiger partial charge in [-0.1, -0.05) is 38.1 Å². The number of carbonyl (C=O) groups excluding carboxylic acids is 1. The van der Waals surface area contributed by atoms with E-state index in [-0.39, 0.29) is 5.91 Å². The van der Waals surface area contributed by atoms with Gasteiger partial charge in [0.25, 0.3) is 0 Å². The van der Waals surface area contributed by atoms with Crippen LogP contribution in [0.25, 0.3) is 0 Å². The number of hydrogen-bond donors (Lipinski definition) is 1. The van der Waals surface area contributed by atoms with E-state index in [1.54, 1.807) is 6.07 Å². The molecule has 0 aliphatic heterocycles. The van der Waals surface area contributed by atoms with Crippen molar-refractivity contribution in [2.45, 2.75) is 46.6 Å². The fraction of sp³-hybridized carbons (Fsp3) is 0.381. The Hall–Kier alpha value is -2.34. The summed E-state index contributed by atoms with van der Waals surface area (Å²) >= 11 is 0. The van der Waals surface area contributed by atoms with Gasteiger partial charge in [0, 0.05) is 5.69 Å². The Morgan fingerprint density at radius 3 is 2.30 bits per heavy atom. The summed E-state index contributed by atoms with van der Waals surface area (Å²) in [5.74, 6) is -0.331. The summed E-state index contributed by atoms with van der Waals surface area (Å²) in [4.78, 5) is 13.0. The van der Waals surface area contributed by atoms with Gasteiger partial charge >= 0.3 is 0 Å². The van der Waals surface area contributed by atoms with Crippen LogP contribution in [0.2, 0.25) is 0 Å². The average molecular weight is 389 g/mol. The maximum Gasteiger partial charge on any atom is 0.248 e. The van der Waals surface area contributed by atoms with Crippen LogP contribution in [0.1, 0.15) is 37.0 Å². The first-order chi connectivity index (χ1) is 12.7. The van der Waals surface area contributed by atoms with Gasteiger partial charge in [0.2, 0.25) is 15.9 Å². The summed E-state index contributed by atoms with van der Waals surface area (Å²) < 4.78 is 26.3. The van der Waals surface area contributed by atoms with Crippen LogP contribution in [0.15, 0.2) is 42.5 Å². The lowest BCUT2D eigenvalue weighted by atomic mass is 10.1. The molecule has 0 unspecified atom stereocenters. The number of para-hydroxylation sites is 1. The maximum atomic E-state index is 13.0. The van der Waals surface area contributed by atoms with Crippen LogP contribution >= 0.6 is 0 Å². The van der Waals surface area contributed by atoms with Crippen LogP contribution in [-0.2, 0) is 21.2 Å². The Labute approximate surface area is 162 Å². The van der Waals surface area contributed by atoms with E-state index in [2.05, 4.69) is 5.32 Å². The summed E-state index contributed by atoms with van der Waals surface area (Å²) in [5, 5.41) is 2.92. The standard InChI is InChI=1S/C21H28N2O3S/c1-6-17-10-8-9-11-19(17)22-21(24)20(7-2)23(27(5,25)26)18-13-12-15(3)16(4)14-18/h8-14,20H,6-7H2,1-5H3,(H,22,24)/t20-/m1/s1. The molecule has 6 heteroatoms. The van der Waals surface area contributed by atoms with Crippen molar-refractivity contribution in [2.24, 2.45) is 0 Å². The molecule has 2 aromatic rings. The Morgan fingerprint density at radius 1 is 1.07 bits per heavy atom. The number of sulfonamides is 1. The highest BCUT2D eigenvalue weighted by Gasteiger charge is 2.31. The van der Waals surface area contributed by atoms with Crippen molar-refractivity contribution in [2.75, 3.05) is 15.9 Å². The lowest BCUT2D eigenvalue weighted by Gasteiger charge is -2.30. The number of benzene rings is 2. The molecule has 2 rings (SSSR count). The Morgan fingerprint density at radius 2 is 1.74 bits per heavy atom. The molecule has 1 N–H and O–H groups in total. The van der Waals surface area contributed by atoms with Crippen molar-refractivity contribution in [1.29, 1.82) is 0 Å². The topological polar surface area (TPSA) is 66.5 Å². The van der Waals surface area contributed by atoms with Crippen molar-refractivity contribution in [3.8, 4) is 0 Å². The van der Waals surface area contributed by atoms with Crippen LogP contribution in [0.3, 0.4) is 0 Å². The van der Waals surface area contributed by atoms with Crippen molar-refractivity contribution in [3.05, 3.63) is 59.2 Å². The molecule has 0 fully saturated rings. The zero-order valence-electron chi connectivity index (χ0n) is 16.6. The number of anilines is 2. The van der Waals surface area contributed by atoms with Gasteiger partial charge in [-0.2, -0.15) is 0 Å². The Bertz CT molecular complexity index is 923. The molecule has 0 saturated heterocycles. The smallest absolute Gasteiger partial charge is 0.248 e. The SMILES string of the molecule is CCc1ccccc1NC(=O)[C@@H](CC)N(c1ccc(C)c(C)c1)S(C)(=O)=O. The maximum absolute atomic E-state index is 13.0. The number of rotatable bonds is 7. The highest BCUT2D eigenvalue weighted by atomic mass is 32.2. The average Bonchev–Trinajstić information content (AvgIpc) is 2.61. The van der Waals surface area contributed by atoms with E-state index >= 15 is 0 Å². The first kappa shape index (κ1) is 21.0. The molecule has 0 aliphatic rings. The summed E-state index contributed by atoms with van der Waals surface area (Å²) in [5.41, 5.74) is 4.29. The van der Waals surface area contributed by atoms with E-state index < -0.39 is 16.1 Å². The molecule has 5 nitrogen and oxygen atoms in total. The van der Waals surface area contributed by atoms with Crippen LogP contribution in [0.5, 0.6) is 0 Å². The van der Waals surface area contributed by atoms with E-state index in [1.165, 1.54) is 4.31 Å². The fourth-order valence-corrected chi connectivity index (χ4v) is 4.29. The van der Waals surface area contributed by atoms with Crippen LogP contribution < -0.4 is 9.62 Å². The highest BCUT2D eigenvalue weighted by Crippen LogP contribution is 2.26. The zero-order valence-corrected chi connectivity index (χ0v) is 17.4. The third kappa shape index (κ3) is 4.89. The number of hydrogen-bond acceptors (Lipinski definition) is 3. The normalized spacial score (nSPS) is 12.5. The molecule has 0 heterocycles. The molecular formula is C21H28N2O3S. The number of nitrogens with zero attached hydrogens (tertiary/aromatic N) is 1. The van der Waals surface area contributed by atoms with Gasteiger partial charge < -0.3 is 5.32 Å². The van der Waals surface area contributed by atoms with Crippen LogP contribution in [0.4, 0.5) is 11.4 Å². The van der Waals surface area contributed by atoms with Gasteiger partial charge in [-0.05, 0) is 61.6 Å². The molecule has 0 aromatic heterocycles. The van der Waals surface area contributed by atoms with Gasteiger partial charge in [0.05, 0.1) is 11.9 Å². The number of amides is 1. The van der Waals surface area contributed by atoms with Crippen LogP contribution in [-0.4, -0.2) is 26.6 Å². The molecule has 0 bridgehead atoms. The largest absolute Gasteiger partial charge is 0.324 e. The van der Waals surface area contributed by atoms with Crippen molar-refractivity contribution < 1.29 is 13.2 Å². The van der Waals surface area contributed by atoms with Crippen molar-refractivity contribution in [1.82, 2.24) is 0 Å².